The van der Waals surface area contributed by atoms with Crippen molar-refractivity contribution in [2.75, 3.05) is 5.32 Å². The van der Waals surface area contributed by atoms with Crippen molar-refractivity contribution in [2.45, 2.75) is 12.7 Å². The van der Waals surface area contributed by atoms with Crippen LogP contribution in [0.4, 0.5) is 23.7 Å². The largest absolute Gasteiger partial charge is 0.417 e. The standard InChI is InChI=1S/C20H13Cl2F3N2O3/c21-15-6-2-7-16(22)14(15)11-27-9-3-8-17(18(27)28)26-19(29)30-13-5-1-4-12(10-13)20(23,24)25/h1-10H,11H2,(H,26,29). The fourth-order valence-electron chi connectivity index (χ4n) is 2.59. The average Bonchev–Trinajstić information content (AvgIpc) is 2.67. The Morgan fingerprint density at radius 1 is 1.03 bits per heavy atom. The van der Waals surface area contributed by atoms with Gasteiger partial charge in [-0.15, -0.1) is 0 Å². The van der Waals surface area contributed by atoms with E-state index in [9.17, 15) is 22.8 Å². The summed E-state index contributed by atoms with van der Waals surface area (Å²) in [4.78, 5) is 24.7. The molecule has 1 aromatic heterocycles. The van der Waals surface area contributed by atoms with Gasteiger partial charge in [-0.2, -0.15) is 13.2 Å². The molecule has 1 heterocycles. The van der Waals surface area contributed by atoms with Crippen molar-refractivity contribution in [1.82, 2.24) is 4.57 Å². The molecule has 2 aromatic carbocycles. The highest BCUT2D eigenvalue weighted by Gasteiger charge is 2.30. The van der Waals surface area contributed by atoms with Crippen LogP contribution < -0.4 is 15.6 Å². The first kappa shape index (κ1) is 21.7. The van der Waals surface area contributed by atoms with E-state index in [1.165, 1.54) is 29.0 Å². The number of ether oxygens (including phenoxy) is 1. The lowest BCUT2D eigenvalue weighted by Gasteiger charge is -2.12. The Kier molecular flexibility index (Phi) is 6.38. The highest BCUT2D eigenvalue weighted by molar-refractivity contribution is 6.35. The number of rotatable bonds is 4. The van der Waals surface area contributed by atoms with E-state index >= 15 is 0 Å². The molecule has 0 aliphatic rings. The molecule has 0 bridgehead atoms. The molecule has 0 aliphatic carbocycles. The molecule has 156 valence electrons. The lowest BCUT2D eigenvalue weighted by Crippen LogP contribution is -2.27. The molecule has 30 heavy (non-hydrogen) atoms. The SMILES string of the molecule is O=C(Nc1cccn(Cc2c(Cl)cccc2Cl)c1=O)Oc1cccc(C(F)(F)F)c1. The number of amides is 1. The topological polar surface area (TPSA) is 60.3 Å². The van der Waals surface area contributed by atoms with Crippen LogP contribution in [0.5, 0.6) is 5.75 Å². The van der Waals surface area contributed by atoms with E-state index in [-0.39, 0.29) is 18.0 Å². The van der Waals surface area contributed by atoms with Gasteiger partial charge >= 0.3 is 12.3 Å². The predicted molar refractivity (Wildman–Crippen MR) is 107 cm³/mol. The first-order valence-electron chi connectivity index (χ1n) is 8.43. The second kappa shape index (κ2) is 8.81. The number of hydrogen-bond donors (Lipinski definition) is 1. The van der Waals surface area contributed by atoms with E-state index in [0.717, 1.165) is 12.1 Å². The van der Waals surface area contributed by atoms with Gasteiger partial charge in [0, 0.05) is 21.8 Å². The summed E-state index contributed by atoms with van der Waals surface area (Å²) in [5.41, 5.74) is -1.15. The van der Waals surface area contributed by atoms with E-state index in [0.29, 0.717) is 21.7 Å². The van der Waals surface area contributed by atoms with Gasteiger partial charge in [0.05, 0.1) is 12.1 Å². The quantitative estimate of drug-likeness (QED) is 0.536. The van der Waals surface area contributed by atoms with Crippen molar-refractivity contribution in [3.8, 4) is 5.75 Å². The molecule has 0 fully saturated rings. The monoisotopic (exact) mass is 456 g/mol. The van der Waals surface area contributed by atoms with Gasteiger partial charge < -0.3 is 9.30 Å². The fraction of sp³-hybridized carbons (Fsp3) is 0.100. The third-order valence-electron chi connectivity index (χ3n) is 4.02. The summed E-state index contributed by atoms with van der Waals surface area (Å²) >= 11 is 12.2. The molecule has 5 nitrogen and oxygen atoms in total. The number of alkyl halides is 3. The zero-order valence-electron chi connectivity index (χ0n) is 15.0. The van der Waals surface area contributed by atoms with E-state index in [1.807, 2.05) is 0 Å². The highest BCUT2D eigenvalue weighted by Crippen LogP contribution is 2.31. The molecule has 1 amide bonds. The first-order chi connectivity index (χ1) is 14.1. The number of carbonyl (C=O) groups excluding carboxylic acids is 1. The second-order valence-electron chi connectivity index (χ2n) is 6.10. The van der Waals surface area contributed by atoms with Gasteiger partial charge in [0.25, 0.3) is 5.56 Å². The van der Waals surface area contributed by atoms with Gasteiger partial charge in [0.15, 0.2) is 0 Å². The molecule has 0 saturated heterocycles. The van der Waals surface area contributed by atoms with Crippen molar-refractivity contribution >= 4 is 35.0 Å². The Morgan fingerprint density at radius 2 is 1.70 bits per heavy atom. The number of hydrogen-bond acceptors (Lipinski definition) is 3. The summed E-state index contributed by atoms with van der Waals surface area (Å²) in [5.74, 6) is -0.318. The molecule has 0 radical (unpaired) electrons. The lowest BCUT2D eigenvalue weighted by atomic mass is 10.2. The lowest BCUT2D eigenvalue weighted by molar-refractivity contribution is -0.137. The minimum absolute atomic E-state index is 0.0511. The average molecular weight is 457 g/mol. The van der Waals surface area contributed by atoms with Crippen LogP contribution in [-0.2, 0) is 12.7 Å². The number of pyridine rings is 1. The molecular weight excluding hydrogens is 444 g/mol. The third-order valence-corrected chi connectivity index (χ3v) is 4.73. The zero-order valence-corrected chi connectivity index (χ0v) is 16.6. The Labute approximate surface area is 178 Å². The second-order valence-corrected chi connectivity index (χ2v) is 6.91. The van der Waals surface area contributed by atoms with E-state index < -0.39 is 23.4 Å². The van der Waals surface area contributed by atoms with Crippen LogP contribution in [0.25, 0.3) is 0 Å². The number of benzene rings is 2. The first-order valence-corrected chi connectivity index (χ1v) is 9.19. The third kappa shape index (κ3) is 5.14. The van der Waals surface area contributed by atoms with Crippen molar-refractivity contribution < 1.29 is 22.7 Å². The van der Waals surface area contributed by atoms with Gasteiger partial charge in [-0.1, -0.05) is 35.3 Å². The van der Waals surface area contributed by atoms with Crippen LogP contribution in [0.2, 0.25) is 10.0 Å². The molecule has 3 rings (SSSR count). The summed E-state index contributed by atoms with van der Waals surface area (Å²) in [6.45, 7) is 0.0511. The predicted octanol–water partition coefficient (Wildman–Crippen LogP) is 5.83. The van der Waals surface area contributed by atoms with Crippen LogP contribution >= 0.6 is 23.2 Å². The maximum Gasteiger partial charge on any atom is 0.417 e. The molecule has 10 heteroatoms. The van der Waals surface area contributed by atoms with E-state index in [4.69, 9.17) is 27.9 Å². The van der Waals surface area contributed by atoms with Crippen molar-refractivity contribution in [3.05, 3.63) is 92.3 Å². The Hall–Kier alpha value is -2.97. The maximum atomic E-state index is 12.8. The maximum absolute atomic E-state index is 12.8. The number of nitrogens with zero attached hydrogens (tertiary/aromatic N) is 1. The molecule has 0 unspecified atom stereocenters. The Balaban J connectivity index is 1.77. The molecule has 0 atom stereocenters. The minimum Gasteiger partial charge on any atom is -0.410 e. The van der Waals surface area contributed by atoms with E-state index in [1.54, 1.807) is 18.2 Å². The molecule has 0 saturated carbocycles. The van der Waals surface area contributed by atoms with Crippen LogP contribution in [-0.4, -0.2) is 10.7 Å². The highest BCUT2D eigenvalue weighted by atomic mass is 35.5. The van der Waals surface area contributed by atoms with Crippen molar-refractivity contribution in [2.24, 2.45) is 0 Å². The molecular formula is C20H13Cl2F3N2O3. The number of anilines is 1. The van der Waals surface area contributed by atoms with Gasteiger partial charge in [-0.3, -0.25) is 10.1 Å². The van der Waals surface area contributed by atoms with Gasteiger partial charge in [-0.05, 0) is 42.5 Å². The summed E-state index contributed by atoms with van der Waals surface area (Å²) in [5, 5.41) is 2.97. The zero-order chi connectivity index (χ0) is 21.9. The Bertz CT molecular complexity index is 1130. The van der Waals surface area contributed by atoms with Crippen LogP contribution in [0.1, 0.15) is 11.1 Å². The Morgan fingerprint density at radius 3 is 2.37 bits per heavy atom. The molecule has 0 spiro atoms. The van der Waals surface area contributed by atoms with Crippen LogP contribution in [0.3, 0.4) is 0 Å². The van der Waals surface area contributed by atoms with Crippen LogP contribution in [0, 0.1) is 0 Å². The molecule has 1 N–H and O–H groups in total. The summed E-state index contributed by atoms with van der Waals surface area (Å²) in [6, 6.07) is 11.6. The van der Waals surface area contributed by atoms with Crippen molar-refractivity contribution in [3.63, 3.8) is 0 Å². The number of carbonyl (C=O) groups is 1. The summed E-state index contributed by atoms with van der Waals surface area (Å²) in [7, 11) is 0. The minimum atomic E-state index is -4.58. The summed E-state index contributed by atoms with van der Waals surface area (Å²) in [6.07, 6.45) is -4.21. The molecule has 0 aliphatic heterocycles. The van der Waals surface area contributed by atoms with Gasteiger partial charge in [0.2, 0.25) is 0 Å². The van der Waals surface area contributed by atoms with Crippen LogP contribution in [0.15, 0.2) is 65.6 Å². The molecule has 3 aromatic rings. The number of halogens is 5. The number of aromatic nitrogens is 1. The van der Waals surface area contributed by atoms with Gasteiger partial charge in [-0.25, -0.2) is 4.79 Å². The number of nitrogens with one attached hydrogen (secondary N) is 1. The van der Waals surface area contributed by atoms with E-state index in [2.05, 4.69) is 5.32 Å². The smallest absolute Gasteiger partial charge is 0.410 e. The van der Waals surface area contributed by atoms with Crippen molar-refractivity contribution in [1.29, 1.82) is 0 Å². The van der Waals surface area contributed by atoms with Gasteiger partial charge in [0.1, 0.15) is 11.4 Å². The fourth-order valence-corrected chi connectivity index (χ4v) is 3.11. The summed E-state index contributed by atoms with van der Waals surface area (Å²) < 4.78 is 44.4. The normalized spacial score (nSPS) is 11.2.